The molecule has 1 atom stereocenters. The van der Waals surface area contributed by atoms with E-state index in [1.807, 2.05) is 18.2 Å². The second-order valence-electron chi connectivity index (χ2n) is 6.79. The number of rotatable bonds is 6. The minimum Gasteiger partial charge on any atom is -0.348 e. The van der Waals surface area contributed by atoms with E-state index < -0.39 is 15.3 Å². The van der Waals surface area contributed by atoms with E-state index in [2.05, 4.69) is 12.1 Å². The van der Waals surface area contributed by atoms with Crippen molar-refractivity contribution >= 4 is 15.9 Å². The summed E-state index contributed by atoms with van der Waals surface area (Å²) in [7, 11) is -0.380. The van der Waals surface area contributed by atoms with Gasteiger partial charge in [-0.2, -0.15) is 0 Å². The zero-order chi connectivity index (χ0) is 17.7. The molecule has 6 heteroatoms. The van der Waals surface area contributed by atoms with Gasteiger partial charge in [0, 0.05) is 27.2 Å². The maximum absolute atomic E-state index is 12.6. The molecule has 1 aromatic rings. The Bertz CT molecular complexity index is 635. The smallest absolute Gasteiger partial charge is 0.241 e. The summed E-state index contributed by atoms with van der Waals surface area (Å²) >= 11 is 0. The first-order valence-corrected chi connectivity index (χ1v) is 10.1. The molecule has 1 aliphatic heterocycles. The lowest BCUT2D eigenvalue weighted by Crippen LogP contribution is -2.47. The number of carbonyl (C=O) groups excluding carboxylic acids is 1. The summed E-state index contributed by atoms with van der Waals surface area (Å²) in [5, 5.41) is -1.01. The Kier molecular flexibility index (Phi) is 6.40. The van der Waals surface area contributed by atoms with Gasteiger partial charge in [-0.15, -0.1) is 0 Å². The third kappa shape index (κ3) is 4.57. The van der Waals surface area contributed by atoms with Crippen LogP contribution in [-0.2, 0) is 21.2 Å². The average molecular weight is 353 g/mol. The molecular formula is C18H28N2O3S. The molecule has 0 aliphatic carbocycles. The van der Waals surface area contributed by atoms with E-state index in [0.29, 0.717) is 19.0 Å². The molecule has 134 valence electrons. The van der Waals surface area contributed by atoms with Gasteiger partial charge >= 0.3 is 0 Å². The quantitative estimate of drug-likeness (QED) is 0.788. The topological polar surface area (TPSA) is 57.7 Å². The highest BCUT2D eigenvalue weighted by molar-refractivity contribution is 7.90. The molecule has 1 heterocycles. The van der Waals surface area contributed by atoms with Crippen molar-refractivity contribution in [1.82, 2.24) is 9.21 Å². The van der Waals surface area contributed by atoms with Crippen LogP contribution in [0, 0.1) is 5.92 Å². The fourth-order valence-electron chi connectivity index (χ4n) is 3.18. The molecule has 5 nitrogen and oxygen atoms in total. The molecule has 1 fully saturated rings. The van der Waals surface area contributed by atoms with Crippen LogP contribution in [0.15, 0.2) is 30.3 Å². The van der Waals surface area contributed by atoms with Crippen molar-refractivity contribution in [2.24, 2.45) is 5.92 Å². The Balaban J connectivity index is 1.86. The van der Waals surface area contributed by atoms with Gasteiger partial charge in [0.15, 0.2) is 5.25 Å². The first-order valence-electron chi connectivity index (χ1n) is 8.56. The highest BCUT2D eigenvalue weighted by atomic mass is 32.2. The van der Waals surface area contributed by atoms with Gasteiger partial charge in [-0.25, -0.2) is 12.7 Å². The van der Waals surface area contributed by atoms with Crippen molar-refractivity contribution in [1.29, 1.82) is 0 Å². The zero-order valence-electron chi connectivity index (χ0n) is 14.8. The predicted octanol–water partition coefficient (Wildman–Crippen LogP) is 2.14. The van der Waals surface area contributed by atoms with E-state index in [-0.39, 0.29) is 5.91 Å². The second-order valence-corrected chi connectivity index (χ2v) is 9.04. The van der Waals surface area contributed by atoms with Gasteiger partial charge in [0.1, 0.15) is 0 Å². The van der Waals surface area contributed by atoms with Crippen LogP contribution in [0.2, 0.25) is 0 Å². The summed E-state index contributed by atoms with van der Waals surface area (Å²) in [6.45, 7) is 2.53. The standard InChI is InChI=1S/C18H28N2O3S/c1-15(18(21)19(2)3)24(22,23)20-13-11-17(12-14-20)10-9-16-7-5-4-6-8-16/h4-8,15,17H,9-14H2,1-3H3/t15-/m0/s1. The molecule has 1 aliphatic rings. The van der Waals surface area contributed by atoms with Crippen LogP contribution in [0.3, 0.4) is 0 Å². The average Bonchev–Trinajstić information content (AvgIpc) is 2.59. The van der Waals surface area contributed by atoms with Crippen LogP contribution in [-0.4, -0.2) is 56.0 Å². The minimum atomic E-state index is -3.55. The fourth-order valence-corrected chi connectivity index (χ4v) is 4.82. The van der Waals surface area contributed by atoms with E-state index >= 15 is 0 Å². The number of benzene rings is 1. The summed E-state index contributed by atoms with van der Waals surface area (Å²) in [6.07, 6.45) is 3.86. The number of hydrogen-bond acceptors (Lipinski definition) is 3. The van der Waals surface area contributed by atoms with E-state index in [9.17, 15) is 13.2 Å². The molecule has 0 spiro atoms. The number of hydrogen-bond donors (Lipinski definition) is 0. The minimum absolute atomic E-state index is 0.360. The number of nitrogens with zero attached hydrogens (tertiary/aromatic N) is 2. The molecule has 0 saturated carbocycles. The van der Waals surface area contributed by atoms with Gasteiger partial charge in [0.05, 0.1) is 0 Å². The van der Waals surface area contributed by atoms with Crippen LogP contribution < -0.4 is 0 Å². The molecule has 1 saturated heterocycles. The van der Waals surface area contributed by atoms with Crippen molar-refractivity contribution in [2.75, 3.05) is 27.2 Å². The summed E-state index contributed by atoms with van der Waals surface area (Å²) in [4.78, 5) is 13.3. The van der Waals surface area contributed by atoms with Crippen LogP contribution in [0.1, 0.15) is 31.7 Å². The molecule has 0 bridgehead atoms. The summed E-state index contributed by atoms with van der Waals surface area (Å²) < 4.78 is 26.7. The van der Waals surface area contributed by atoms with Crippen molar-refractivity contribution in [2.45, 2.75) is 37.9 Å². The van der Waals surface area contributed by atoms with Crippen molar-refractivity contribution in [3.05, 3.63) is 35.9 Å². The van der Waals surface area contributed by atoms with Crippen molar-refractivity contribution in [3.8, 4) is 0 Å². The van der Waals surface area contributed by atoms with E-state index in [0.717, 1.165) is 25.7 Å². The molecule has 0 radical (unpaired) electrons. The Morgan fingerprint density at radius 1 is 1.21 bits per heavy atom. The van der Waals surface area contributed by atoms with Crippen LogP contribution in [0.5, 0.6) is 0 Å². The predicted molar refractivity (Wildman–Crippen MR) is 96.1 cm³/mol. The number of piperidine rings is 1. The molecule has 1 amide bonds. The normalized spacial score (nSPS) is 18.3. The zero-order valence-corrected chi connectivity index (χ0v) is 15.6. The highest BCUT2D eigenvalue weighted by Crippen LogP contribution is 2.25. The summed E-state index contributed by atoms with van der Waals surface area (Å²) in [5.74, 6) is 0.192. The third-order valence-electron chi connectivity index (χ3n) is 4.85. The maximum atomic E-state index is 12.6. The van der Waals surface area contributed by atoms with Gasteiger partial charge in [0.25, 0.3) is 0 Å². The Morgan fingerprint density at radius 2 is 1.79 bits per heavy atom. The van der Waals surface area contributed by atoms with Gasteiger partial charge in [-0.3, -0.25) is 4.79 Å². The summed E-state index contributed by atoms with van der Waals surface area (Å²) in [5.41, 5.74) is 1.33. The van der Waals surface area contributed by atoms with E-state index in [4.69, 9.17) is 0 Å². The molecule has 0 unspecified atom stereocenters. The van der Waals surface area contributed by atoms with E-state index in [1.165, 1.54) is 21.7 Å². The summed E-state index contributed by atoms with van der Waals surface area (Å²) in [6, 6.07) is 10.4. The Labute approximate surface area is 145 Å². The van der Waals surface area contributed by atoms with Crippen molar-refractivity contribution < 1.29 is 13.2 Å². The Hall–Kier alpha value is -1.40. The number of amides is 1. The first kappa shape index (κ1) is 18.9. The number of aryl methyl sites for hydroxylation is 1. The van der Waals surface area contributed by atoms with E-state index in [1.54, 1.807) is 14.1 Å². The molecule has 1 aromatic carbocycles. The number of sulfonamides is 1. The maximum Gasteiger partial charge on any atom is 0.241 e. The van der Waals surface area contributed by atoms with Crippen molar-refractivity contribution in [3.63, 3.8) is 0 Å². The van der Waals surface area contributed by atoms with Gasteiger partial charge in [0.2, 0.25) is 15.9 Å². The Morgan fingerprint density at radius 3 is 2.33 bits per heavy atom. The van der Waals surface area contributed by atoms with Gasteiger partial charge < -0.3 is 4.90 Å². The lowest BCUT2D eigenvalue weighted by Gasteiger charge is -2.33. The van der Waals surface area contributed by atoms with Gasteiger partial charge in [-0.05, 0) is 44.1 Å². The molecule has 0 N–H and O–H groups in total. The monoisotopic (exact) mass is 352 g/mol. The number of carbonyl (C=O) groups is 1. The molecule has 2 rings (SSSR count). The third-order valence-corrected chi connectivity index (χ3v) is 7.03. The highest BCUT2D eigenvalue weighted by Gasteiger charge is 2.36. The van der Waals surface area contributed by atoms with Gasteiger partial charge in [-0.1, -0.05) is 30.3 Å². The lowest BCUT2D eigenvalue weighted by atomic mass is 9.91. The SMILES string of the molecule is C[C@@H](C(=O)N(C)C)S(=O)(=O)N1CCC(CCc2ccccc2)CC1. The van der Waals surface area contributed by atoms with Crippen LogP contribution >= 0.6 is 0 Å². The van der Waals surface area contributed by atoms with Crippen LogP contribution in [0.25, 0.3) is 0 Å². The first-order chi connectivity index (χ1) is 11.3. The second kappa shape index (κ2) is 8.12. The fraction of sp³-hybridized carbons (Fsp3) is 0.611. The van der Waals surface area contributed by atoms with Crippen LogP contribution in [0.4, 0.5) is 0 Å². The molecular weight excluding hydrogens is 324 g/mol. The molecule has 0 aromatic heterocycles. The largest absolute Gasteiger partial charge is 0.348 e. The molecule has 24 heavy (non-hydrogen) atoms. The lowest BCUT2D eigenvalue weighted by molar-refractivity contribution is -0.128.